The van der Waals surface area contributed by atoms with Crippen molar-refractivity contribution in [3.05, 3.63) is 58.1 Å². The lowest BCUT2D eigenvalue weighted by Gasteiger charge is -2.28. The molecule has 1 heterocycles. The summed E-state index contributed by atoms with van der Waals surface area (Å²) in [6.45, 7) is 3.24. The highest BCUT2D eigenvalue weighted by atomic mass is 79.9. The zero-order valence-electron chi connectivity index (χ0n) is 13.9. The fraction of sp³-hybridized carbons (Fsp3) is 0.263. The van der Waals surface area contributed by atoms with Gasteiger partial charge in [-0.15, -0.1) is 0 Å². The smallest absolute Gasteiger partial charge is 0.262 e. The van der Waals surface area contributed by atoms with Crippen molar-refractivity contribution in [1.29, 1.82) is 0 Å². The van der Waals surface area contributed by atoms with Gasteiger partial charge in [0.1, 0.15) is 5.75 Å². The molecule has 0 radical (unpaired) electrons. The number of carbonyl (C=O) groups is 2. The van der Waals surface area contributed by atoms with E-state index in [9.17, 15) is 9.59 Å². The third-order valence-corrected chi connectivity index (χ3v) is 4.68. The van der Waals surface area contributed by atoms with E-state index < -0.39 is 0 Å². The molecule has 0 saturated heterocycles. The Kier molecular flexibility index (Phi) is 5.38. The van der Waals surface area contributed by atoms with Gasteiger partial charge in [0.05, 0.1) is 0 Å². The third kappa shape index (κ3) is 4.02. The van der Waals surface area contributed by atoms with Crippen LogP contribution < -0.4 is 10.1 Å². The van der Waals surface area contributed by atoms with Gasteiger partial charge < -0.3 is 15.0 Å². The highest BCUT2D eigenvalue weighted by Gasteiger charge is 2.25. The van der Waals surface area contributed by atoms with E-state index in [1.165, 1.54) is 0 Å². The summed E-state index contributed by atoms with van der Waals surface area (Å²) in [5.74, 6) is 0.387. The Hall–Kier alpha value is -2.34. The number of rotatable bonds is 5. The van der Waals surface area contributed by atoms with Crippen LogP contribution in [-0.2, 0) is 11.2 Å². The molecule has 0 spiro atoms. The Morgan fingerprint density at radius 3 is 2.72 bits per heavy atom. The van der Waals surface area contributed by atoms with E-state index >= 15 is 0 Å². The van der Waals surface area contributed by atoms with E-state index in [0.29, 0.717) is 30.1 Å². The maximum Gasteiger partial charge on any atom is 0.262 e. The lowest BCUT2D eigenvalue weighted by molar-refractivity contribution is -0.118. The number of anilines is 1. The number of hydrogen-bond donors (Lipinski definition) is 1. The number of hydrogen-bond acceptors (Lipinski definition) is 3. The maximum absolute atomic E-state index is 12.4. The molecule has 5 nitrogen and oxygen atoms in total. The molecule has 130 valence electrons. The molecule has 2 aromatic rings. The molecule has 1 aliphatic rings. The van der Waals surface area contributed by atoms with Gasteiger partial charge in [-0.25, -0.2) is 0 Å². The molecule has 2 aromatic carbocycles. The van der Waals surface area contributed by atoms with Crippen molar-refractivity contribution in [3.63, 3.8) is 0 Å². The predicted octanol–water partition coefficient (Wildman–Crippen LogP) is 3.48. The second-order valence-corrected chi connectivity index (χ2v) is 6.68. The van der Waals surface area contributed by atoms with Crippen LogP contribution in [0.25, 0.3) is 0 Å². The third-order valence-electron chi connectivity index (χ3n) is 4.15. The summed E-state index contributed by atoms with van der Waals surface area (Å²) in [6.07, 6.45) is 0.736. The summed E-state index contributed by atoms with van der Waals surface area (Å²) < 4.78 is 6.63. The highest BCUT2D eigenvalue weighted by Crippen LogP contribution is 2.28. The fourth-order valence-electron chi connectivity index (χ4n) is 2.85. The lowest BCUT2D eigenvalue weighted by atomic mass is 9.98. The normalized spacial score (nSPS) is 13.4. The Balaban J connectivity index is 1.66. The molecule has 0 aliphatic carbocycles. The molecule has 3 rings (SSSR count). The quantitative estimate of drug-likeness (QED) is 0.832. The summed E-state index contributed by atoms with van der Waals surface area (Å²) in [6, 6.07) is 12.7. The van der Waals surface area contributed by atoms with E-state index in [0.717, 1.165) is 16.5 Å². The number of amides is 2. The average Bonchev–Trinajstić information content (AvgIpc) is 2.62. The topological polar surface area (TPSA) is 58.6 Å². The van der Waals surface area contributed by atoms with E-state index in [-0.39, 0.29) is 18.4 Å². The lowest BCUT2D eigenvalue weighted by Crippen LogP contribution is -2.37. The summed E-state index contributed by atoms with van der Waals surface area (Å²) in [5, 5.41) is 2.78. The number of halogens is 1. The molecular weight excluding hydrogens is 384 g/mol. The Labute approximate surface area is 155 Å². The molecule has 0 unspecified atom stereocenters. The second kappa shape index (κ2) is 7.70. The first-order valence-electron chi connectivity index (χ1n) is 8.18. The van der Waals surface area contributed by atoms with Gasteiger partial charge >= 0.3 is 0 Å². The largest absolute Gasteiger partial charge is 0.483 e. The van der Waals surface area contributed by atoms with Crippen molar-refractivity contribution in [3.8, 4) is 5.75 Å². The van der Waals surface area contributed by atoms with Crippen LogP contribution in [0.2, 0.25) is 0 Å². The van der Waals surface area contributed by atoms with Gasteiger partial charge in [0.25, 0.3) is 11.8 Å². The van der Waals surface area contributed by atoms with E-state index in [1.54, 1.807) is 12.1 Å². The minimum atomic E-state index is -0.239. The van der Waals surface area contributed by atoms with E-state index in [1.807, 2.05) is 42.2 Å². The number of benzene rings is 2. The summed E-state index contributed by atoms with van der Waals surface area (Å²) in [5.41, 5.74) is 2.26. The van der Waals surface area contributed by atoms with E-state index in [4.69, 9.17) is 4.74 Å². The molecule has 1 N–H and O–H groups in total. The standard InChI is InChI=1S/C19H19BrN2O3/c1-2-22-11-10-15-16(19(22)24)4-3-5-17(15)25-12-18(23)21-14-8-6-13(20)7-9-14/h3-9H,2,10-12H2,1H3,(H,21,23). The van der Waals surface area contributed by atoms with Gasteiger partial charge in [0.15, 0.2) is 6.61 Å². The first-order chi connectivity index (χ1) is 12.1. The van der Waals surface area contributed by atoms with Crippen LogP contribution in [0.15, 0.2) is 46.9 Å². The van der Waals surface area contributed by atoms with Crippen molar-refractivity contribution in [2.24, 2.45) is 0 Å². The first kappa shape index (κ1) is 17.5. The van der Waals surface area contributed by atoms with Gasteiger partial charge in [0.2, 0.25) is 0 Å². The van der Waals surface area contributed by atoms with Crippen LogP contribution in [0.1, 0.15) is 22.8 Å². The van der Waals surface area contributed by atoms with Gasteiger partial charge in [-0.3, -0.25) is 9.59 Å². The number of nitrogens with one attached hydrogen (secondary N) is 1. The molecule has 1 aliphatic heterocycles. The van der Waals surface area contributed by atoms with Crippen molar-refractivity contribution >= 4 is 33.4 Å². The van der Waals surface area contributed by atoms with Crippen molar-refractivity contribution in [2.75, 3.05) is 25.0 Å². The number of fused-ring (bicyclic) bond motifs is 1. The highest BCUT2D eigenvalue weighted by molar-refractivity contribution is 9.10. The molecule has 0 aromatic heterocycles. The number of nitrogens with zero attached hydrogens (tertiary/aromatic N) is 1. The molecular formula is C19H19BrN2O3. The van der Waals surface area contributed by atoms with Crippen LogP contribution in [0.5, 0.6) is 5.75 Å². The van der Waals surface area contributed by atoms with Gasteiger partial charge in [0, 0.05) is 34.4 Å². The average molecular weight is 403 g/mol. The minimum absolute atomic E-state index is 0.0218. The predicted molar refractivity (Wildman–Crippen MR) is 100.0 cm³/mol. The summed E-state index contributed by atoms with van der Waals surface area (Å²) in [4.78, 5) is 26.3. The van der Waals surface area contributed by atoms with Gasteiger partial charge in [-0.2, -0.15) is 0 Å². The van der Waals surface area contributed by atoms with Crippen molar-refractivity contribution in [1.82, 2.24) is 4.90 Å². The second-order valence-electron chi connectivity index (χ2n) is 5.76. The van der Waals surface area contributed by atoms with Gasteiger partial charge in [-0.1, -0.05) is 22.0 Å². The minimum Gasteiger partial charge on any atom is -0.483 e. The Bertz CT molecular complexity index is 790. The first-order valence-corrected chi connectivity index (χ1v) is 8.97. The number of carbonyl (C=O) groups excluding carboxylic acids is 2. The number of ether oxygens (including phenoxy) is 1. The van der Waals surface area contributed by atoms with Crippen molar-refractivity contribution in [2.45, 2.75) is 13.3 Å². The van der Waals surface area contributed by atoms with E-state index in [2.05, 4.69) is 21.2 Å². The molecule has 0 atom stereocenters. The molecule has 6 heteroatoms. The molecule has 0 saturated carbocycles. The van der Waals surface area contributed by atoms with Crippen LogP contribution in [0, 0.1) is 0 Å². The number of likely N-dealkylation sites (N-methyl/N-ethyl adjacent to an activating group) is 1. The van der Waals surface area contributed by atoms with Crippen LogP contribution in [0.3, 0.4) is 0 Å². The Morgan fingerprint density at radius 2 is 2.00 bits per heavy atom. The fourth-order valence-corrected chi connectivity index (χ4v) is 3.12. The molecule has 0 fully saturated rings. The maximum atomic E-state index is 12.4. The SMILES string of the molecule is CCN1CCc2c(OCC(=O)Nc3ccc(Br)cc3)cccc2C1=O. The Morgan fingerprint density at radius 1 is 1.24 bits per heavy atom. The molecule has 25 heavy (non-hydrogen) atoms. The van der Waals surface area contributed by atoms with Crippen LogP contribution in [0.4, 0.5) is 5.69 Å². The summed E-state index contributed by atoms with van der Waals surface area (Å²) >= 11 is 3.35. The molecule has 0 bridgehead atoms. The zero-order chi connectivity index (χ0) is 17.8. The molecule has 2 amide bonds. The van der Waals surface area contributed by atoms with Crippen LogP contribution in [-0.4, -0.2) is 36.4 Å². The van der Waals surface area contributed by atoms with Gasteiger partial charge in [-0.05, 0) is 49.7 Å². The van der Waals surface area contributed by atoms with Crippen LogP contribution >= 0.6 is 15.9 Å². The van der Waals surface area contributed by atoms with Crippen molar-refractivity contribution < 1.29 is 14.3 Å². The summed E-state index contributed by atoms with van der Waals surface area (Å²) in [7, 11) is 0. The zero-order valence-corrected chi connectivity index (χ0v) is 15.5. The monoisotopic (exact) mass is 402 g/mol.